The standard InChI is InChI=1S/C15H21N5O2S/c1-10(2)11(3)16-14(21)9-23-15-17-18-19-20(15)12-5-7-13(22-4)8-6-12/h5-8,10-11H,9H2,1-4H3,(H,16,21)/t11-/m1/s1. The molecule has 0 bridgehead atoms. The summed E-state index contributed by atoms with van der Waals surface area (Å²) in [4.78, 5) is 12.0. The van der Waals surface area contributed by atoms with Crippen LogP contribution in [-0.4, -0.2) is 45.0 Å². The third-order valence-electron chi connectivity index (χ3n) is 3.48. The molecule has 0 saturated carbocycles. The number of tetrazole rings is 1. The Balaban J connectivity index is 1.99. The van der Waals surface area contributed by atoms with Crippen LogP contribution in [0.25, 0.3) is 5.69 Å². The van der Waals surface area contributed by atoms with Crippen molar-refractivity contribution >= 4 is 17.7 Å². The van der Waals surface area contributed by atoms with Crippen molar-refractivity contribution in [3.8, 4) is 11.4 Å². The second-order valence-corrected chi connectivity index (χ2v) is 6.40. The Morgan fingerprint density at radius 1 is 1.30 bits per heavy atom. The van der Waals surface area contributed by atoms with Gasteiger partial charge in [0.2, 0.25) is 11.1 Å². The van der Waals surface area contributed by atoms with Gasteiger partial charge in [0, 0.05) is 6.04 Å². The SMILES string of the molecule is COc1ccc(-n2nnnc2SCC(=O)N[C@H](C)C(C)C)cc1. The van der Waals surface area contributed by atoms with Gasteiger partial charge < -0.3 is 10.1 Å². The lowest BCUT2D eigenvalue weighted by Gasteiger charge is -2.17. The minimum atomic E-state index is -0.0273. The van der Waals surface area contributed by atoms with Crippen LogP contribution in [0.1, 0.15) is 20.8 Å². The zero-order chi connectivity index (χ0) is 16.8. The predicted octanol–water partition coefficient (Wildman–Crippen LogP) is 1.92. The minimum absolute atomic E-state index is 0.0273. The largest absolute Gasteiger partial charge is 0.497 e. The van der Waals surface area contributed by atoms with Gasteiger partial charge in [0.15, 0.2) is 0 Å². The molecular formula is C15H21N5O2S. The molecule has 2 aromatic rings. The van der Waals surface area contributed by atoms with Gasteiger partial charge in [0.05, 0.1) is 18.6 Å². The molecule has 0 fully saturated rings. The van der Waals surface area contributed by atoms with Gasteiger partial charge >= 0.3 is 0 Å². The second kappa shape index (κ2) is 7.96. The molecule has 2 rings (SSSR count). The summed E-state index contributed by atoms with van der Waals surface area (Å²) in [6.07, 6.45) is 0. The molecule has 0 unspecified atom stereocenters. The summed E-state index contributed by atoms with van der Waals surface area (Å²) in [7, 11) is 1.62. The first-order valence-corrected chi connectivity index (χ1v) is 8.34. The number of thioether (sulfide) groups is 1. The van der Waals surface area contributed by atoms with Crippen molar-refractivity contribution in [1.29, 1.82) is 0 Å². The first-order valence-electron chi connectivity index (χ1n) is 7.36. The number of ether oxygens (including phenoxy) is 1. The number of carbonyl (C=O) groups is 1. The summed E-state index contributed by atoms with van der Waals surface area (Å²) < 4.78 is 6.73. The number of hydrogen-bond acceptors (Lipinski definition) is 6. The molecule has 0 aliphatic carbocycles. The quantitative estimate of drug-likeness (QED) is 0.779. The van der Waals surface area contributed by atoms with E-state index >= 15 is 0 Å². The number of rotatable bonds is 7. The molecule has 23 heavy (non-hydrogen) atoms. The van der Waals surface area contributed by atoms with E-state index in [4.69, 9.17) is 4.74 Å². The lowest BCUT2D eigenvalue weighted by molar-refractivity contribution is -0.119. The first kappa shape index (κ1) is 17.3. The fourth-order valence-corrected chi connectivity index (χ4v) is 2.45. The molecule has 1 aromatic heterocycles. The molecule has 0 aliphatic rings. The highest BCUT2D eigenvalue weighted by Gasteiger charge is 2.14. The zero-order valence-electron chi connectivity index (χ0n) is 13.7. The van der Waals surface area contributed by atoms with E-state index in [9.17, 15) is 4.79 Å². The summed E-state index contributed by atoms with van der Waals surface area (Å²) in [6.45, 7) is 6.14. The summed E-state index contributed by atoms with van der Waals surface area (Å²) in [5, 5.41) is 15.2. The van der Waals surface area contributed by atoms with E-state index in [1.54, 1.807) is 11.8 Å². The lowest BCUT2D eigenvalue weighted by Crippen LogP contribution is -2.37. The molecule has 1 heterocycles. The highest BCUT2D eigenvalue weighted by atomic mass is 32.2. The van der Waals surface area contributed by atoms with Gasteiger partial charge in [-0.3, -0.25) is 4.79 Å². The van der Waals surface area contributed by atoms with Crippen LogP contribution in [0, 0.1) is 5.92 Å². The smallest absolute Gasteiger partial charge is 0.230 e. The van der Waals surface area contributed by atoms with Crippen LogP contribution < -0.4 is 10.1 Å². The number of nitrogens with one attached hydrogen (secondary N) is 1. The molecule has 1 aromatic carbocycles. The molecule has 1 atom stereocenters. The topological polar surface area (TPSA) is 81.9 Å². The summed E-state index contributed by atoms with van der Waals surface area (Å²) in [5.74, 6) is 1.40. The zero-order valence-corrected chi connectivity index (χ0v) is 14.5. The Hall–Kier alpha value is -2.09. The third-order valence-corrected chi connectivity index (χ3v) is 4.40. The number of amides is 1. The number of hydrogen-bond donors (Lipinski definition) is 1. The second-order valence-electron chi connectivity index (χ2n) is 5.46. The van der Waals surface area contributed by atoms with Gasteiger partial charge in [-0.1, -0.05) is 25.6 Å². The van der Waals surface area contributed by atoms with E-state index in [1.165, 1.54) is 11.8 Å². The number of carbonyl (C=O) groups excluding carboxylic acids is 1. The van der Waals surface area contributed by atoms with Crippen LogP contribution in [0.4, 0.5) is 0 Å². The van der Waals surface area contributed by atoms with Gasteiger partial charge in [0.25, 0.3) is 0 Å². The van der Waals surface area contributed by atoms with Gasteiger partial charge in [0.1, 0.15) is 5.75 Å². The average Bonchev–Trinajstić information content (AvgIpc) is 3.01. The number of benzene rings is 1. The van der Waals surface area contributed by atoms with Crippen molar-refractivity contribution in [2.75, 3.05) is 12.9 Å². The van der Waals surface area contributed by atoms with Gasteiger partial charge in [-0.25, -0.2) is 0 Å². The average molecular weight is 335 g/mol. The Labute approximate surface area is 139 Å². The maximum absolute atomic E-state index is 12.0. The van der Waals surface area contributed by atoms with Crippen molar-refractivity contribution in [3.63, 3.8) is 0 Å². The van der Waals surface area contributed by atoms with E-state index in [0.29, 0.717) is 11.1 Å². The molecular weight excluding hydrogens is 314 g/mol. The van der Waals surface area contributed by atoms with E-state index in [2.05, 4.69) is 34.7 Å². The van der Waals surface area contributed by atoms with Crippen LogP contribution >= 0.6 is 11.8 Å². The molecule has 1 amide bonds. The molecule has 0 spiro atoms. The number of nitrogens with zero attached hydrogens (tertiary/aromatic N) is 4. The van der Waals surface area contributed by atoms with Crippen molar-refractivity contribution in [3.05, 3.63) is 24.3 Å². The maximum Gasteiger partial charge on any atom is 0.230 e. The Morgan fingerprint density at radius 3 is 2.61 bits per heavy atom. The summed E-state index contributed by atoms with van der Waals surface area (Å²) >= 11 is 1.30. The molecule has 8 heteroatoms. The molecule has 0 aliphatic heterocycles. The normalized spacial score (nSPS) is 12.2. The Morgan fingerprint density at radius 2 is 2.00 bits per heavy atom. The highest BCUT2D eigenvalue weighted by Crippen LogP contribution is 2.20. The Bertz CT molecular complexity index is 642. The van der Waals surface area contributed by atoms with Crippen LogP contribution in [0.15, 0.2) is 29.4 Å². The van der Waals surface area contributed by atoms with Crippen molar-refractivity contribution in [2.24, 2.45) is 5.92 Å². The maximum atomic E-state index is 12.0. The fourth-order valence-electron chi connectivity index (χ4n) is 1.75. The van der Waals surface area contributed by atoms with Gasteiger partial charge in [-0.2, -0.15) is 4.68 Å². The molecule has 1 N–H and O–H groups in total. The minimum Gasteiger partial charge on any atom is -0.497 e. The van der Waals surface area contributed by atoms with Gasteiger partial charge in [-0.05, 0) is 47.5 Å². The Kier molecular flexibility index (Phi) is 5.97. The van der Waals surface area contributed by atoms with E-state index in [1.807, 2.05) is 31.2 Å². The summed E-state index contributed by atoms with van der Waals surface area (Å²) in [6, 6.07) is 7.53. The van der Waals surface area contributed by atoms with Crippen molar-refractivity contribution in [1.82, 2.24) is 25.5 Å². The van der Waals surface area contributed by atoms with E-state index < -0.39 is 0 Å². The molecule has 0 radical (unpaired) electrons. The molecule has 124 valence electrons. The van der Waals surface area contributed by atoms with E-state index in [0.717, 1.165) is 11.4 Å². The van der Waals surface area contributed by atoms with Crippen LogP contribution in [0.3, 0.4) is 0 Å². The highest BCUT2D eigenvalue weighted by molar-refractivity contribution is 7.99. The molecule has 0 saturated heterocycles. The van der Waals surface area contributed by atoms with Crippen LogP contribution in [0.2, 0.25) is 0 Å². The first-order chi connectivity index (χ1) is 11.0. The molecule has 7 nitrogen and oxygen atoms in total. The predicted molar refractivity (Wildman–Crippen MR) is 88.9 cm³/mol. The van der Waals surface area contributed by atoms with Crippen LogP contribution in [0.5, 0.6) is 5.75 Å². The van der Waals surface area contributed by atoms with Crippen molar-refractivity contribution in [2.45, 2.75) is 32.0 Å². The van der Waals surface area contributed by atoms with Crippen molar-refractivity contribution < 1.29 is 9.53 Å². The monoisotopic (exact) mass is 335 g/mol. The summed E-state index contributed by atoms with van der Waals surface area (Å²) in [5.41, 5.74) is 0.814. The fraction of sp³-hybridized carbons (Fsp3) is 0.467. The van der Waals surface area contributed by atoms with E-state index in [-0.39, 0.29) is 17.7 Å². The lowest BCUT2D eigenvalue weighted by atomic mass is 10.1. The third kappa shape index (κ3) is 4.69. The van der Waals surface area contributed by atoms with Crippen LogP contribution in [-0.2, 0) is 4.79 Å². The van der Waals surface area contributed by atoms with Gasteiger partial charge in [-0.15, -0.1) is 5.10 Å². The number of aromatic nitrogens is 4. The number of methoxy groups -OCH3 is 1.